The van der Waals surface area contributed by atoms with Gasteiger partial charge in [-0.25, -0.2) is 13.1 Å². The van der Waals surface area contributed by atoms with Crippen LogP contribution in [0.3, 0.4) is 0 Å². The second-order valence-electron chi connectivity index (χ2n) is 7.07. The largest absolute Gasteiger partial charge is 0.213 e. The topological polar surface area (TPSA) is 70.0 Å². The zero-order valence-corrected chi connectivity index (χ0v) is 13.3. The summed E-state index contributed by atoms with van der Waals surface area (Å²) in [5.74, 6) is 0.450. The molecule has 4 rings (SSSR count). The fourth-order valence-electron chi connectivity index (χ4n) is 4.16. The minimum atomic E-state index is -3.41. The van der Waals surface area contributed by atoms with E-state index in [-0.39, 0.29) is 11.8 Å². The maximum absolute atomic E-state index is 12.4. The van der Waals surface area contributed by atoms with Crippen LogP contribution in [0, 0.1) is 16.7 Å². The van der Waals surface area contributed by atoms with E-state index in [1.165, 1.54) is 17.5 Å². The standard InChI is InChI=1S/C17H20N2O2S/c18-10-17(7-8-17)11-22(20,21)19-15-9-13-5-1-3-12-4-2-6-14(15)16(12)13/h2,4,6,13,15,19H,1,3,5,7-9,11H2/t13-,15+/m0/s1. The highest BCUT2D eigenvalue weighted by Gasteiger charge is 2.47. The van der Waals surface area contributed by atoms with Crippen molar-refractivity contribution in [2.75, 3.05) is 5.75 Å². The van der Waals surface area contributed by atoms with E-state index in [2.05, 4.69) is 22.9 Å². The molecule has 0 aliphatic heterocycles. The third-order valence-electron chi connectivity index (χ3n) is 5.41. The molecule has 3 aliphatic carbocycles. The van der Waals surface area contributed by atoms with E-state index in [0.717, 1.165) is 24.8 Å². The number of aryl methyl sites for hydroxylation is 1. The lowest BCUT2D eigenvalue weighted by Gasteiger charge is -2.20. The van der Waals surface area contributed by atoms with Crippen LogP contribution in [0.1, 0.15) is 60.8 Å². The molecule has 0 aromatic heterocycles. The van der Waals surface area contributed by atoms with Crippen molar-refractivity contribution in [1.29, 1.82) is 5.26 Å². The SMILES string of the molecule is N#CC1(CS(=O)(=O)N[C@@H]2C[C@@H]3CCCc4cccc2c43)CC1. The van der Waals surface area contributed by atoms with E-state index in [0.29, 0.717) is 18.8 Å². The quantitative estimate of drug-likeness (QED) is 0.928. The van der Waals surface area contributed by atoms with Crippen LogP contribution in [0.2, 0.25) is 0 Å². The van der Waals surface area contributed by atoms with Gasteiger partial charge in [0.2, 0.25) is 10.0 Å². The average molecular weight is 316 g/mol. The van der Waals surface area contributed by atoms with Crippen molar-refractivity contribution in [3.05, 3.63) is 34.9 Å². The number of benzene rings is 1. The summed E-state index contributed by atoms with van der Waals surface area (Å²) in [6.45, 7) is 0. The van der Waals surface area contributed by atoms with Gasteiger partial charge in [0.15, 0.2) is 0 Å². The van der Waals surface area contributed by atoms with Gasteiger partial charge in [0.25, 0.3) is 0 Å². The van der Waals surface area contributed by atoms with E-state index < -0.39 is 15.4 Å². The maximum atomic E-state index is 12.4. The minimum absolute atomic E-state index is 0.0489. The molecule has 1 fully saturated rings. The predicted molar refractivity (Wildman–Crippen MR) is 83.7 cm³/mol. The number of hydrogen-bond donors (Lipinski definition) is 1. The first-order chi connectivity index (χ1) is 10.5. The van der Waals surface area contributed by atoms with E-state index in [4.69, 9.17) is 5.26 Å². The highest BCUT2D eigenvalue weighted by atomic mass is 32.2. The molecule has 3 aliphatic rings. The summed E-state index contributed by atoms with van der Waals surface area (Å²) < 4.78 is 27.8. The molecule has 0 spiro atoms. The first-order valence-electron chi connectivity index (χ1n) is 8.05. The Hall–Kier alpha value is -1.38. The lowest BCUT2D eigenvalue weighted by Crippen LogP contribution is -2.32. The molecule has 5 heteroatoms. The van der Waals surface area contributed by atoms with Crippen molar-refractivity contribution in [2.24, 2.45) is 5.41 Å². The molecule has 0 amide bonds. The normalized spacial score (nSPS) is 28.0. The van der Waals surface area contributed by atoms with Gasteiger partial charge in [0.05, 0.1) is 17.2 Å². The van der Waals surface area contributed by atoms with Gasteiger partial charge in [-0.3, -0.25) is 0 Å². The number of sulfonamides is 1. The monoisotopic (exact) mass is 316 g/mol. The summed E-state index contributed by atoms with van der Waals surface area (Å²) in [5, 5.41) is 9.12. The molecular formula is C17H20N2O2S. The number of nitriles is 1. The smallest absolute Gasteiger partial charge is 0.212 e. The Bertz CT molecular complexity index is 759. The molecule has 0 heterocycles. The molecule has 4 nitrogen and oxygen atoms in total. The van der Waals surface area contributed by atoms with Crippen molar-refractivity contribution in [3.8, 4) is 6.07 Å². The number of nitrogens with zero attached hydrogens (tertiary/aromatic N) is 1. The summed E-state index contributed by atoms with van der Waals surface area (Å²) in [7, 11) is -3.41. The molecule has 0 radical (unpaired) electrons. The average Bonchev–Trinajstić information content (AvgIpc) is 3.17. The van der Waals surface area contributed by atoms with Crippen LogP contribution in [-0.4, -0.2) is 14.2 Å². The molecule has 22 heavy (non-hydrogen) atoms. The molecule has 0 bridgehead atoms. The second kappa shape index (κ2) is 4.81. The Balaban J connectivity index is 1.59. The first kappa shape index (κ1) is 14.2. The minimum Gasteiger partial charge on any atom is -0.212 e. The van der Waals surface area contributed by atoms with Crippen molar-refractivity contribution in [2.45, 2.75) is 50.5 Å². The number of nitrogens with one attached hydrogen (secondary N) is 1. The van der Waals surface area contributed by atoms with Gasteiger partial charge in [-0.05, 0) is 61.1 Å². The van der Waals surface area contributed by atoms with Crippen molar-refractivity contribution < 1.29 is 8.42 Å². The van der Waals surface area contributed by atoms with Gasteiger partial charge in [0.1, 0.15) is 0 Å². The first-order valence-corrected chi connectivity index (χ1v) is 9.70. The molecule has 1 aromatic carbocycles. The van der Waals surface area contributed by atoms with Crippen LogP contribution in [0.25, 0.3) is 0 Å². The zero-order valence-electron chi connectivity index (χ0n) is 12.5. The fraction of sp³-hybridized carbons (Fsp3) is 0.588. The molecular weight excluding hydrogens is 296 g/mol. The van der Waals surface area contributed by atoms with Crippen LogP contribution < -0.4 is 4.72 Å². The van der Waals surface area contributed by atoms with Gasteiger partial charge in [0, 0.05) is 6.04 Å². The van der Waals surface area contributed by atoms with Crippen molar-refractivity contribution >= 4 is 10.0 Å². The Labute approximate surface area is 131 Å². The van der Waals surface area contributed by atoms with Gasteiger partial charge >= 0.3 is 0 Å². The molecule has 0 saturated heterocycles. The lowest BCUT2D eigenvalue weighted by molar-refractivity contribution is 0.496. The summed E-state index contributed by atoms with van der Waals surface area (Å²) >= 11 is 0. The zero-order chi connectivity index (χ0) is 15.4. The highest BCUT2D eigenvalue weighted by Crippen LogP contribution is 2.49. The molecule has 2 atom stereocenters. The Morgan fingerprint density at radius 1 is 1.36 bits per heavy atom. The summed E-state index contributed by atoms with van der Waals surface area (Å²) in [6.07, 6.45) is 5.74. The third kappa shape index (κ3) is 2.35. The van der Waals surface area contributed by atoms with E-state index in [9.17, 15) is 8.42 Å². The maximum Gasteiger partial charge on any atom is 0.213 e. The van der Waals surface area contributed by atoms with Gasteiger partial charge < -0.3 is 0 Å². The molecule has 1 aromatic rings. The van der Waals surface area contributed by atoms with Crippen LogP contribution in [0.4, 0.5) is 0 Å². The van der Waals surface area contributed by atoms with Crippen molar-refractivity contribution in [1.82, 2.24) is 4.72 Å². The lowest BCUT2D eigenvalue weighted by atomic mass is 9.84. The molecule has 1 saturated carbocycles. The highest BCUT2D eigenvalue weighted by molar-refractivity contribution is 7.89. The summed E-state index contributed by atoms with van der Waals surface area (Å²) in [4.78, 5) is 0. The van der Waals surface area contributed by atoms with Gasteiger partial charge in [-0.15, -0.1) is 0 Å². The molecule has 116 valence electrons. The summed E-state index contributed by atoms with van der Waals surface area (Å²) in [5.41, 5.74) is 3.32. The fourth-order valence-corrected chi connectivity index (χ4v) is 5.98. The van der Waals surface area contributed by atoms with E-state index >= 15 is 0 Å². The number of hydrogen-bond acceptors (Lipinski definition) is 3. The molecule has 0 unspecified atom stereocenters. The van der Waals surface area contributed by atoms with Crippen LogP contribution in [0.15, 0.2) is 18.2 Å². The Kier molecular flexibility index (Phi) is 3.11. The van der Waals surface area contributed by atoms with Gasteiger partial charge in [-0.1, -0.05) is 18.2 Å². The van der Waals surface area contributed by atoms with Crippen LogP contribution in [0.5, 0.6) is 0 Å². The van der Waals surface area contributed by atoms with Crippen LogP contribution >= 0.6 is 0 Å². The predicted octanol–water partition coefficient (Wildman–Crippen LogP) is 2.77. The third-order valence-corrected chi connectivity index (χ3v) is 6.99. The van der Waals surface area contributed by atoms with E-state index in [1.807, 2.05) is 6.07 Å². The van der Waals surface area contributed by atoms with Crippen molar-refractivity contribution in [3.63, 3.8) is 0 Å². The molecule has 1 N–H and O–H groups in total. The Morgan fingerprint density at radius 3 is 2.91 bits per heavy atom. The van der Waals surface area contributed by atoms with E-state index in [1.54, 1.807) is 0 Å². The van der Waals surface area contributed by atoms with Gasteiger partial charge in [-0.2, -0.15) is 5.26 Å². The summed E-state index contributed by atoms with van der Waals surface area (Å²) in [6, 6.07) is 8.34. The number of rotatable bonds is 4. The second-order valence-corrected chi connectivity index (χ2v) is 8.82. The van der Waals surface area contributed by atoms with Crippen LogP contribution in [-0.2, 0) is 16.4 Å². The Morgan fingerprint density at radius 2 is 2.18 bits per heavy atom.